The van der Waals surface area contributed by atoms with Crippen LogP contribution in [0, 0.1) is 0 Å². The van der Waals surface area contributed by atoms with Gasteiger partial charge >= 0.3 is 0 Å². The summed E-state index contributed by atoms with van der Waals surface area (Å²) in [5.74, 6) is 0.836. The lowest BCUT2D eigenvalue weighted by Gasteiger charge is -2.34. The van der Waals surface area contributed by atoms with E-state index in [1.807, 2.05) is 24.3 Å². The molecule has 1 N–H and O–H groups in total. The van der Waals surface area contributed by atoms with Crippen LogP contribution in [0.1, 0.15) is 58.4 Å². The first-order chi connectivity index (χ1) is 19.7. The minimum absolute atomic E-state index is 0.148. The Morgan fingerprint density at radius 3 is 1.65 bits per heavy atom. The molecule has 0 spiro atoms. The smallest absolute Gasteiger partial charge is 0.126 e. The third-order valence-corrected chi connectivity index (χ3v) is 8.23. The van der Waals surface area contributed by atoms with E-state index in [1.165, 1.54) is 11.1 Å². The lowest BCUT2D eigenvalue weighted by Crippen LogP contribution is -2.32. The van der Waals surface area contributed by atoms with Crippen LogP contribution in [0.15, 0.2) is 60.7 Å². The van der Waals surface area contributed by atoms with Crippen LogP contribution in [-0.4, -0.2) is 50.9 Å². The maximum absolute atomic E-state index is 11.3. The van der Waals surface area contributed by atoms with Crippen molar-refractivity contribution in [3.05, 3.63) is 94.0 Å². The summed E-state index contributed by atoms with van der Waals surface area (Å²) in [5, 5.41) is 11.3. The average molecular weight is 547 g/mol. The van der Waals surface area contributed by atoms with E-state index in [0.29, 0.717) is 43.3 Å². The number of hydrogen-bond donors (Lipinski definition) is 1. The third kappa shape index (κ3) is 5.90. The quantitative estimate of drug-likeness (QED) is 0.425. The minimum Gasteiger partial charge on any atom is -0.507 e. The molecule has 0 unspecified atom stereocenters. The third-order valence-electron chi connectivity index (χ3n) is 8.23. The monoisotopic (exact) mass is 546 g/mol. The van der Waals surface area contributed by atoms with E-state index in [4.69, 9.17) is 28.4 Å². The normalized spacial score (nSPS) is 25.7. The Labute approximate surface area is 235 Å². The number of phenolic OH excluding ortho intramolecular Hbond substituents is 1. The molecule has 7 nitrogen and oxygen atoms in total. The topological polar surface area (TPSA) is 75.6 Å². The zero-order valence-electron chi connectivity index (χ0n) is 23.1. The molecule has 0 radical (unpaired) electrons. The Balaban J connectivity index is 1.27. The Hall–Kier alpha value is -2.94. The van der Waals surface area contributed by atoms with Gasteiger partial charge in [0.1, 0.15) is 23.7 Å². The summed E-state index contributed by atoms with van der Waals surface area (Å²) < 4.78 is 37.2. The molecule has 0 fully saturated rings. The van der Waals surface area contributed by atoms with Gasteiger partial charge in [0.05, 0.1) is 59.0 Å². The van der Waals surface area contributed by atoms with E-state index < -0.39 is 0 Å². The first-order valence-corrected chi connectivity index (χ1v) is 14.3. The molecule has 0 aromatic heterocycles. The van der Waals surface area contributed by atoms with Crippen LogP contribution in [-0.2, 0) is 49.7 Å². The number of rotatable bonds is 1. The van der Waals surface area contributed by atoms with Crippen LogP contribution in [0.25, 0.3) is 0 Å². The number of methoxy groups -OCH3 is 1. The molecule has 2 aliphatic carbocycles. The highest BCUT2D eigenvalue weighted by molar-refractivity contribution is 5.46. The van der Waals surface area contributed by atoms with Gasteiger partial charge in [-0.15, -0.1) is 0 Å². The van der Waals surface area contributed by atoms with Gasteiger partial charge in [0.25, 0.3) is 0 Å². The highest BCUT2D eigenvalue weighted by Gasteiger charge is 2.33. The van der Waals surface area contributed by atoms with Gasteiger partial charge in [-0.2, -0.15) is 0 Å². The molecule has 3 aromatic rings. The van der Waals surface area contributed by atoms with Crippen molar-refractivity contribution in [3.63, 3.8) is 0 Å². The molecule has 1 aliphatic heterocycles. The van der Waals surface area contributed by atoms with Crippen molar-refractivity contribution in [1.82, 2.24) is 0 Å². The number of phenols is 1. The van der Waals surface area contributed by atoms with Crippen molar-refractivity contribution < 1.29 is 33.5 Å². The summed E-state index contributed by atoms with van der Waals surface area (Å²) in [6, 6.07) is 20.4. The molecule has 3 aliphatic rings. The minimum atomic E-state index is -0.210. The Morgan fingerprint density at radius 2 is 1.15 bits per heavy atom. The largest absolute Gasteiger partial charge is 0.507 e. The fourth-order valence-electron chi connectivity index (χ4n) is 6.14. The average Bonchev–Trinajstić information content (AvgIpc) is 2.99. The standard InChI is InChI=1S/C33H38O7/c1-35-26-18-24-20-39-29-12-10-22-6-2-4-8-27(22)32(29)37-16-14-36-15-17-38-33-28-9-5-3-7-23(28)11-13-30(33)40-21-25(19-26)31(24)34/h2-9,18-19,29-30,32-34H,10-17,20-21H2,1H3/t29-,30-,32+,33+/m0/s1. The van der Waals surface area contributed by atoms with Gasteiger partial charge in [-0.25, -0.2) is 0 Å². The van der Waals surface area contributed by atoms with E-state index in [-0.39, 0.29) is 43.4 Å². The lowest BCUT2D eigenvalue weighted by atomic mass is 9.87. The molecular formula is C33H38O7. The predicted molar refractivity (Wildman–Crippen MR) is 150 cm³/mol. The molecule has 40 heavy (non-hydrogen) atoms. The van der Waals surface area contributed by atoms with Crippen LogP contribution in [0.4, 0.5) is 0 Å². The van der Waals surface area contributed by atoms with E-state index in [1.54, 1.807) is 7.11 Å². The summed E-state index contributed by atoms with van der Waals surface area (Å²) in [6.45, 7) is 2.31. The highest BCUT2D eigenvalue weighted by Crippen LogP contribution is 2.38. The van der Waals surface area contributed by atoms with Gasteiger partial charge in [-0.1, -0.05) is 48.5 Å². The number of aromatic hydroxyl groups is 1. The van der Waals surface area contributed by atoms with Crippen molar-refractivity contribution in [2.45, 2.75) is 63.3 Å². The zero-order valence-corrected chi connectivity index (χ0v) is 23.1. The van der Waals surface area contributed by atoms with E-state index in [0.717, 1.165) is 36.8 Å². The number of benzene rings is 3. The van der Waals surface area contributed by atoms with Crippen LogP contribution in [0.2, 0.25) is 0 Å². The van der Waals surface area contributed by atoms with Crippen molar-refractivity contribution in [1.29, 1.82) is 0 Å². The number of hydrogen-bond acceptors (Lipinski definition) is 7. The molecule has 0 saturated carbocycles. The van der Waals surface area contributed by atoms with Crippen LogP contribution in [0.3, 0.4) is 0 Å². The summed E-state index contributed by atoms with van der Waals surface area (Å²) in [6.07, 6.45) is 2.80. The molecule has 3 aromatic carbocycles. The second kappa shape index (κ2) is 12.7. The number of aryl methyl sites for hydroxylation is 2. The fourth-order valence-corrected chi connectivity index (χ4v) is 6.14. The van der Waals surface area contributed by atoms with Crippen LogP contribution < -0.4 is 4.74 Å². The maximum atomic E-state index is 11.3. The number of fused-ring (bicyclic) bond motifs is 8. The molecule has 212 valence electrons. The molecule has 0 saturated heterocycles. The SMILES string of the molecule is COc1cc2c(O)c(c1)CO[C@H]1CCc3ccccc3[C@H]1OCCOCCO[C@@H]1c3ccccc3CC[C@@H]1OC2. The molecule has 4 atom stereocenters. The van der Waals surface area contributed by atoms with Crippen molar-refractivity contribution in [3.8, 4) is 11.5 Å². The van der Waals surface area contributed by atoms with E-state index in [2.05, 4.69) is 36.4 Å². The second-order valence-corrected chi connectivity index (χ2v) is 10.7. The van der Waals surface area contributed by atoms with E-state index >= 15 is 0 Å². The second-order valence-electron chi connectivity index (χ2n) is 10.7. The molecule has 2 bridgehead atoms. The van der Waals surface area contributed by atoms with Gasteiger partial charge in [0.2, 0.25) is 0 Å². The summed E-state index contributed by atoms with van der Waals surface area (Å²) in [4.78, 5) is 0. The Morgan fingerprint density at radius 1 is 0.650 bits per heavy atom. The lowest BCUT2D eigenvalue weighted by molar-refractivity contribution is -0.113. The molecular weight excluding hydrogens is 508 g/mol. The van der Waals surface area contributed by atoms with Gasteiger partial charge in [-0.05, 0) is 60.1 Å². The summed E-state index contributed by atoms with van der Waals surface area (Å²) >= 11 is 0. The van der Waals surface area contributed by atoms with Gasteiger partial charge in [0.15, 0.2) is 0 Å². The van der Waals surface area contributed by atoms with Crippen molar-refractivity contribution >= 4 is 0 Å². The number of ether oxygens (including phenoxy) is 6. The maximum Gasteiger partial charge on any atom is 0.126 e. The van der Waals surface area contributed by atoms with Gasteiger partial charge in [-0.3, -0.25) is 0 Å². The van der Waals surface area contributed by atoms with E-state index in [9.17, 15) is 5.11 Å². The molecule has 1 heterocycles. The first kappa shape index (κ1) is 27.2. The Bertz CT molecular complexity index is 1200. The summed E-state index contributed by atoms with van der Waals surface area (Å²) in [5.41, 5.74) is 6.22. The molecule has 7 heteroatoms. The first-order valence-electron chi connectivity index (χ1n) is 14.3. The fraction of sp³-hybridized carbons (Fsp3) is 0.455. The predicted octanol–water partition coefficient (Wildman–Crippen LogP) is 5.61. The zero-order chi connectivity index (χ0) is 27.3. The van der Waals surface area contributed by atoms with Crippen LogP contribution in [0.5, 0.6) is 11.5 Å². The summed E-state index contributed by atoms with van der Waals surface area (Å²) in [7, 11) is 1.63. The van der Waals surface area contributed by atoms with Gasteiger partial charge in [0, 0.05) is 11.1 Å². The highest BCUT2D eigenvalue weighted by atomic mass is 16.6. The van der Waals surface area contributed by atoms with Crippen molar-refractivity contribution in [2.24, 2.45) is 0 Å². The van der Waals surface area contributed by atoms with Crippen molar-refractivity contribution in [2.75, 3.05) is 33.5 Å². The molecule has 0 amide bonds. The van der Waals surface area contributed by atoms with Gasteiger partial charge < -0.3 is 33.5 Å². The molecule has 6 rings (SSSR count). The Kier molecular flexibility index (Phi) is 8.65. The van der Waals surface area contributed by atoms with Crippen LogP contribution >= 0.6 is 0 Å².